The van der Waals surface area contributed by atoms with Gasteiger partial charge in [-0.1, -0.05) is 49.4 Å². The Morgan fingerprint density at radius 1 is 1.15 bits per heavy atom. The molecule has 1 unspecified atom stereocenters. The van der Waals surface area contributed by atoms with E-state index in [0.29, 0.717) is 18.7 Å². The predicted octanol–water partition coefficient (Wildman–Crippen LogP) is 3.71. The molecule has 0 saturated carbocycles. The average molecular weight is 363 g/mol. The maximum Gasteiger partial charge on any atom is 0.267 e. The lowest BCUT2D eigenvalue weighted by atomic mass is 10.0. The minimum absolute atomic E-state index is 0.0853. The third kappa shape index (κ3) is 4.42. The fourth-order valence-corrected chi connectivity index (χ4v) is 3.10. The molecule has 2 amide bonds. The zero-order valence-corrected chi connectivity index (χ0v) is 16.0. The highest BCUT2D eigenvalue weighted by Crippen LogP contribution is 2.25. The number of nitrogens with one attached hydrogen (secondary N) is 1. The average Bonchev–Trinajstić information content (AvgIpc) is 2.69. The van der Waals surface area contributed by atoms with Gasteiger partial charge >= 0.3 is 0 Å². The maximum absolute atomic E-state index is 12.6. The summed E-state index contributed by atoms with van der Waals surface area (Å²) in [6.07, 6.45) is 0.652. The zero-order valence-electron chi connectivity index (χ0n) is 16.0. The van der Waals surface area contributed by atoms with Crippen LogP contribution in [0.5, 0.6) is 0 Å². The third-order valence-electron chi connectivity index (χ3n) is 4.82. The van der Waals surface area contributed by atoms with Crippen molar-refractivity contribution in [3.8, 4) is 0 Å². The zero-order chi connectivity index (χ0) is 19.4. The molecule has 0 radical (unpaired) electrons. The number of rotatable bonds is 5. The van der Waals surface area contributed by atoms with Crippen molar-refractivity contribution < 1.29 is 9.59 Å². The summed E-state index contributed by atoms with van der Waals surface area (Å²) in [5.74, 6) is -0.0883. The van der Waals surface area contributed by atoms with Gasteiger partial charge in [0.25, 0.3) is 5.91 Å². The number of aryl methyl sites for hydroxylation is 2. The summed E-state index contributed by atoms with van der Waals surface area (Å²) < 4.78 is 0. The smallest absolute Gasteiger partial charge is 0.267 e. The van der Waals surface area contributed by atoms with Crippen LogP contribution in [0.25, 0.3) is 0 Å². The fraction of sp³-hybridized carbons (Fsp3) is 0.318. The normalized spacial score (nSPS) is 15.3. The van der Waals surface area contributed by atoms with Gasteiger partial charge in [0, 0.05) is 19.4 Å². The topological polar surface area (TPSA) is 61.8 Å². The van der Waals surface area contributed by atoms with Crippen LogP contribution >= 0.6 is 0 Å². The minimum Gasteiger partial charge on any atom is -0.350 e. The van der Waals surface area contributed by atoms with Crippen LogP contribution in [0.2, 0.25) is 0 Å². The predicted molar refractivity (Wildman–Crippen MR) is 108 cm³/mol. The van der Waals surface area contributed by atoms with E-state index in [0.717, 1.165) is 16.8 Å². The summed E-state index contributed by atoms with van der Waals surface area (Å²) >= 11 is 0. The van der Waals surface area contributed by atoms with Gasteiger partial charge < -0.3 is 5.32 Å². The first kappa shape index (κ1) is 18.8. The second-order valence-corrected chi connectivity index (χ2v) is 7.06. The highest BCUT2D eigenvalue weighted by atomic mass is 16.2. The van der Waals surface area contributed by atoms with Crippen LogP contribution in [0, 0.1) is 13.8 Å². The molecule has 0 aliphatic carbocycles. The van der Waals surface area contributed by atoms with Gasteiger partial charge in [0.15, 0.2) is 0 Å². The second-order valence-electron chi connectivity index (χ2n) is 7.06. The Kier molecular flexibility index (Phi) is 5.69. The first-order valence-corrected chi connectivity index (χ1v) is 9.26. The number of nitrogens with zero attached hydrogens (tertiary/aromatic N) is 2. The number of amides is 2. The molecule has 0 aromatic heterocycles. The molecule has 2 aromatic carbocycles. The van der Waals surface area contributed by atoms with E-state index >= 15 is 0 Å². The summed E-state index contributed by atoms with van der Waals surface area (Å²) in [6.45, 7) is 6.51. The molecule has 140 valence electrons. The van der Waals surface area contributed by atoms with Gasteiger partial charge in [-0.05, 0) is 42.5 Å². The van der Waals surface area contributed by atoms with Gasteiger partial charge in [0.05, 0.1) is 5.69 Å². The molecule has 1 aliphatic heterocycles. The third-order valence-corrected chi connectivity index (χ3v) is 4.82. The van der Waals surface area contributed by atoms with E-state index in [1.807, 2.05) is 50.2 Å². The minimum atomic E-state index is -0.208. The molecule has 5 heteroatoms. The van der Waals surface area contributed by atoms with Crippen LogP contribution in [0.3, 0.4) is 0 Å². The van der Waals surface area contributed by atoms with Crippen LogP contribution in [0.4, 0.5) is 5.69 Å². The van der Waals surface area contributed by atoms with E-state index < -0.39 is 0 Å². The molecule has 1 atom stereocenters. The Morgan fingerprint density at radius 3 is 2.63 bits per heavy atom. The molecule has 27 heavy (non-hydrogen) atoms. The molecule has 3 rings (SSSR count). The summed E-state index contributed by atoms with van der Waals surface area (Å²) in [5.41, 5.74) is 4.32. The van der Waals surface area contributed by atoms with Crippen molar-refractivity contribution in [2.24, 2.45) is 5.10 Å². The Bertz CT molecular complexity index is 874. The number of anilines is 1. The molecule has 1 aliphatic rings. The fourth-order valence-electron chi connectivity index (χ4n) is 3.10. The van der Waals surface area contributed by atoms with Crippen LogP contribution in [-0.2, 0) is 9.59 Å². The standard InChI is InChI=1S/C22H25N3O2/c1-15-9-10-16(2)20(13-15)25-21(26)12-11-19(24-25)22(27)23-14-17(3)18-7-5-4-6-8-18/h4-10,13,17H,11-12,14H2,1-3H3,(H,23,27). The lowest BCUT2D eigenvalue weighted by molar-refractivity contribution is -0.119. The summed E-state index contributed by atoms with van der Waals surface area (Å²) in [4.78, 5) is 25.0. The van der Waals surface area contributed by atoms with E-state index in [1.54, 1.807) is 0 Å². The van der Waals surface area contributed by atoms with Gasteiger partial charge in [-0.2, -0.15) is 5.10 Å². The first-order chi connectivity index (χ1) is 13.0. The molecule has 0 bridgehead atoms. The van der Waals surface area contributed by atoms with Gasteiger partial charge in [-0.15, -0.1) is 0 Å². The molecular formula is C22H25N3O2. The Morgan fingerprint density at radius 2 is 1.89 bits per heavy atom. The van der Waals surface area contributed by atoms with Gasteiger partial charge in [-0.3, -0.25) is 9.59 Å². The van der Waals surface area contributed by atoms with Gasteiger partial charge in [0.1, 0.15) is 5.71 Å². The Labute approximate surface area is 160 Å². The van der Waals surface area contributed by atoms with Crippen molar-refractivity contribution in [3.05, 3.63) is 65.2 Å². The largest absolute Gasteiger partial charge is 0.350 e. The summed E-state index contributed by atoms with van der Waals surface area (Å²) in [6, 6.07) is 15.9. The van der Waals surface area contributed by atoms with Gasteiger partial charge in [-0.25, -0.2) is 5.01 Å². The number of hydrogen-bond acceptors (Lipinski definition) is 3. The van der Waals surface area contributed by atoms with Gasteiger partial charge in [0.2, 0.25) is 5.91 Å². The molecule has 5 nitrogen and oxygen atoms in total. The number of carbonyl (C=O) groups is 2. The molecule has 0 spiro atoms. The van der Waals surface area contributed by atoms with E-state index in [9.17, 15) is 9.59 Å². The van der Waals surface area contributed by atoms with Crippen molar-refractivity contribution in [3.63, 3.8) is 0 Å². The second kappa shape index (κ2) is 8.16. The lowest BCUT2D eigenvalue weighted by Crippen LogP contribution is -2.40. The molecule has 1 heterocycles. The highest BCUT2D eigenvalue weighted by Gasteiger charge is 2.26. The Balaban J connectivity index is 1.72. The lowest BCUT2D eigenvalue weighted by Gasteiger charge is -2.25. The van der Waals surface area contributed by atoms with E-state index in [2.05, 4.69) is 29.5 Å². The van der Waals surface area contributed by atoms with Crippen molar-refractivity contribution in [1.82, 2.24) is 5.32 Å². The monoisotopic (exact) mass is 363 g/mol. The summed E-state index contributed by atoms with van der Waals surface area (Å²) in [5, 5.41) is 8.71. The number of hydrazone groups is 1. The summed E-state index contributed by atoms with van der Waals surface area (Å²) in [7, 11) is 0. The van der Waals surface area contributed by atoms with Crippen LogP contribution in [0.15, 0.2) is 53.6 Å². The molecule has 0 saturated heterocycles. The Hall–Kier alpha value is -2.95. The molecule has 2 aromatic rings. The number of carbonyl (C=O) groups excluding carboxylic acids is 2. The molecular weight excluding hydrogens is 338 g/mol. The van der Waals surface area contributed by atoms with Crippen molar-refractivity contribution >= 4 is 23.2 Å². The SMILES string of the molecule is Cc1ccc(C)c(N2N=C(C(=O)NCC(C)c3ccccc3)CCC2=O)c1. The van der Waals surface area contributed by atoms with E-state index in [-0.39, 0.29) is 24.2 Å². The first-order valence-electron chi connectivity index (χ1n) is 9.26. The highest BCUT2D eigenvalue weighted by molar-refractivity contribution is 6.40. The van der Waals surface area contributed by atoms with Crippen LogP contribution in [-0.4, -0.2) is 24.1 Å². The molecule has 0 fully saturated rings. The van der Waals surface area contributed by atoms with Crippen molar-refractivity contribution in [1.29, 1.82) is 0 Å². The van der Waals surface area contributed by atoms with Crippen molar-refractivity contribution in [2.75, 3.05) is 11.6 Å². The van der Waals surface area contributed by atoms with E-state index in [4.69, 9.17) is 0 Å². The van der Waals surface area contributed by atoms with Crippen LogP contribution < -0.4 is 10.3 Å². The molecule has 1 N–H and O–H groups in total. The number of hydrogen-bond donors (Lipinski definition) is 1. The van der Waals surface area contributed by atoms with Crippen LogP contribution in [0.1, 0.15) is 42.4 Å². The number of benzene rings is 2. The maximum atomic E-state index is 12.6. The quantitative estimate of drug-likeness (QED) is 0.880. The van der Waals surface area contributed by atoms with Crippen molar-refractivity contribution in [2.45, 2.75) is 39.5 Å². The van der Waals surface area contributed by atoms with E-state index in [1.165, 1.54) is 10.6 Å².